The van der Waals surface area contributed by atoms with Crippen LogP contribution in [0.5, 0.6) is 0 Å². The fourth-order valence-corrected chi connectivity index (χ4v) is 5.08. The van der Waals surface area contributed by atoms with Gasteiger partial charge in [-0.3, -0.25) is 0 Å². The third kappa shape index (κ3) is 2.83. The SMILES string of the molecule is CC1CN(S(=O)(=O)C2CCCCC2)CCC1N. The van der Waals surface area contributed by atoms with Crippen molar-refractivity contribution < 1.29 is 8.42 Å². The number of piperidine rings is 1. The van der Waals surface area contributed by atoms with Crippen LogP contribution in [0.25, 0.3) is 0 Å². The molecule has 2 fully saturated rings. The first kappa shape index (κ1) is 13.3. The van der Waals surface area contributed by atoms with E-state index >= 15 is 0 Å². The quantitative estimate of drug-likeness (QED) is 0.814. The molecular weight excluding hydrogens is 236 g/mol. The van der Waals surface area contributed by atoms with Crippen molar-refractivity contribution in [1.29, 1.82) is 0 Å². The molecule has 0 radical (unpaired) electrons. The smallest absolute Gasteiger partial charge is 0.216 e. The number of hydrogen-bond acceptors (Lipinski definition) is 3. The normalized spacial score (nSPS) is 33.8. The van der Waals surface area contributed by atoms with Crippen molar-refractivity contribution in [3.05, 3.63) is 0 Å². The summed E-state index contributed by atoms with van der Waals surface area (Å²) in [6, 6.07) is 0.160. The highest BCUT2D eigenvalue weighted by molar-refractivity contribution is 7.89. The summed E-state index contributed by atoms with van der Waals surface area (Å²) in [5, 5.41) is -0.127. The van der Waals surface area contributed by atoms with Crippen LogP contribution >= 0.6 is 0 Å². The maximum atomic E-state index is 12.5. The number of nitrogens with zero attached hydrogens (tertiary/aromatic N) is 1. The van der Waals surface area contributed by atoms with Gasteiger partial charge in [-0.25, -0.2) is 12.7 Å². The lowest BCUT2D eigenvalue weighted by Crippen LogP contribution is -2.50. The Morgan fingerprint density at radius 2 is 1.76 bits per heavy atom. The lowest BCUT2D eigenvalue weighted by molar-refractivity contribution is 0.246. The molecule has 2 N–H and O–H groups in total. The molecule has 0 bridgehead atoms. The van der Waals surface area contributed by atoms with Crippen LogP contribution in [-0.4, -0.2) is 37.1 Å². The Balaban J connectivity index is 2.04. The standard InChI is InChI=1S/C12H24N2O2S/c1-10-9-14(8-7-12(10)13)17(15,16)11-5-3-2-4-6-11/h10-12H,2-9,13H2,1H3. The molecule has 4 nitrogen and oxygen atoms in total. The Bertz CT molecular complexity index is 350. The van der Waals surface area contributed by atoms with Gasteiger partial charge in [0.15, 0.2) is 0 Å². The van der Waals surface area contributed by atoms with Crippen molar-refractivity contribution in [3.63, 3.8) is 0 Å². The third-order valence-corrected chi connectivity index (χ3v) is 6.63. The highest BCUT2D eigenvalue weighted by Crippen LogP contribution is 2.28. The third-order valence-electron chi connectivity index (χ3n) is 4.27. The van der Waals surface area contributed by atoms with Crippen LogP contribution in [-0.2, 0) is 10.0 Å². The molecule has 5 heteroatoms. The molecular formula is C12H24N2O2S. The van der Waals surface area contributed by atoms with Gasteiger partial charge in [-0.2, -0.15) is 0 Å². The van der Waals surface area contributed by atoms with Gasteiger partial charge in [0.1, 0.15) is 0 Å². The second kappa shape index (κ2) is 5.24. The van der Waals surface area contributed by atoms with Crippen molar-refractivity contribution in [3.8, 4) is 0 Å². The van der Waals surface area contributed by atoms with Gasteiger partial charge in [0, 0.05) is 19.1 Å². The first-order valence-electron chi connectivity index (χ1n) is 6.76. The van der Waals surface area contributed by atoms with Gasteiger partial charge in [-0.15, -0.1) is 0 Å². The molecule has 0 amide bonds. The fraction of sp³-hybridized carbons (Fsp3) is 1.00. The molecule has 2 atom stereocenters. The highest BCUT2D eigenvalue weighted by Gasteiger charge is 2.36. The predicted octanol–water partition coefficient (Wildman–Crippen LogP) is 1.32. The predicted molar refractivity (Wildman–Crippen MR) is 69.1 cm³/mol. The Morgan fingerprint density at radius 3 is 2.35 bits per heavy atom. The lowest BCUT2D eigenvalue weighted by atomic mass is 9.96. The largest absolute Gasteiger partial charge is 0.327 e. The first-order valence-corrected chi connectivity index (χ1v) is 8.26. The van der Waals surface area contributed by atoms with Crippen molar-refractivity contribution >= 4 is 10.0 Å². The fourth-order valence-electron chi connectivity index (χ4n) is 2.93. The lowest BCUT2D eigenvalue weighted by Gasteiger charge is -2.37. The van der Waals surface area contributed by atoms with E-state index in [0.29, 0.717) is 13.1 Å². The van der Waals surface area contributed by atoms with E-state index in [9.17, 15) is 8.42 Å². The van der Waals surface area contributed by atoms with Crippen molar-refractivity contribution in [2.75, 3.05) is 13.1 Å². The molecule has 2 aliphatic rings. The van der Waals surface area contributed by atoms with E-state index in [1.807, 2.05) is 6.92 Å². The van der Waals surface area contributed by atoms with Crippen LogP contribution in [0.1, 0.15) is 45.4 Å². The average Bonchev–Trinajstić information content (AvgIpc) is 2.33. The van der Waals surface area contributed by atoms with Crippen LogP contribution in [0, 0.1) is 5.92 Å². The van der Waals surface area contributed by atoms with Gasteiger partial charge >= 0.3 is 0 Å². The zero-order valence-electron chi connectivity index (χ0n) is 10.6. The zero-order chi connectivity index (χ0) is 12.5. The van der Waals surface area contributed by atoms with E-state index in [0.717, 1.165) is 32.1 Å². The van der Waals surface area contributed by atoms with Crippen molar-refractivity contribution in [2.45, 2.75) is 56.7 Å². The van der Waals surface area contributed by atoms with Crippen LogP contribution in [0.15, 0.2) is 0 Å². The van der Waals surface area contributed by atoms with Crippen molar-refractivity contribution in [2.24, 2.45) is 11.7 Å². The van der Waals surface area contributed by atoms with Gasteiger partial charge < -0.3 is 5.73 Å². The molecule has 1 aliphatic carbocycles. The van der Waals surface area contributed by atoms with E-state index in [-0.39, 0.29) is 17.2 Å². The summed E-state index contributed by atoms with van der Waals surface area (Å²) >= 11 is 0. The van der Waals surface area contributed by atoms with Crippen LogP contribution in [0.4, 0.5) is 0 Å². The number of nitrogens with two attached hydrogens (primary N) is 1. The van der Waals surface area contributed by atoms with E-state index in [1.165, 1.54) is 6.42 Å². The Kier molecular flexibility index (Phi) is 4.10. The van der Waals surface area contributed by atoms with Gasteiger partial charge in [0.05, 0.1) is 5.25 Å². The monoisotopic (exact) mass is 260 g/mol. The van der Waals surface area contributed by atoms with Gasteiger partial charge in [-0.05, 0) is 25.2 Å². The van der Waals surface area contributed by atoms with Gasteiger partial charge in [-0.1, -0.05) is 26.2 Å². The van der Waals surface area contributed by atoms with Crippen molar-refractivity contribution in [1.82, 2.24) is 4.31 Å². The summed E-state index contributed by atoms with van der Waals surface area (Å²) in [6.45, 7) is 3.28. The van der Waals surface area contributed by atoms with E-state index in [1.54, 1.807) is 4.31 Å². The Hall–Kier alpha value is -0.130. The molecule has 1 saturated heterocycles. The van der Waals surface area contributed by atoms with Crippen LogP contribution in [0.2, 0.25) is 0 Å². The Labute approximate surface area is 105 Å². The van der Waals surface area contributed by atoms with Crippen LogP contribution in [0.3, 0.4) is 0 Å². The minimum atomic E-state index is -3.06. The summed E-state index contributed by atoms with van der Waals surface area (Å²) in [5.41, 5.74) is 5.94. The number of hydrogen-bond donors (Lipinski definition) is 1. The highest BCUT2D eigenvalue weighted by atomic mass is 32.2. The summed E-state index contributed by atoms with van der Waals surface area (Å²) in [4.78, 5) is 0. The summed E-state index contributed by atoms with van der Waals surface area (Å²) in [6.07, 6.45) is 5.80. The molecule has 100 valence electrons. The molecule has 1 heterocycles. The molecule has 0 aromatic heterocycles. The molecule has 2 unspecified atom stereocenters. The van der Waals surface area contributed by atoms with E-state index in [2.05, 4.69) is 0 Å². The Morgan fingerprint density at radius 1 is 1.12 bits per heavy atom. The maximum Gasteiger partial charge on any atom is 0.216 e. The summed E-state index contributed by atoms with van der Waals surface area (Å²) in [5.74, 6) is 0.280. The molecule has 0 aromatic carbocycles. The van der Waals surface area contributed by atoms with E-state index in [4.69, 9.17) is 5.73 Å². The van der Waals surface area contributed by atoms with Gasteiger partial charge in [0.25, 0.3) is 0 Å². The molecule has 1 saturated carbocycles. The summed E-state index contributed by atoms with van der Waals surface area (Å²) in [7, 11) is -3.06. The minimum absolute atomic E-state index is 0.127. The topological polar surface area (TPSA) is 63.4 Å². The van der Waals surface area contributed by atoms with Crippen LogP contribution < -0.4 is 5.73 Å². The van der Waals surface area contributed by atoms with E-state index < -0.39 is 10.0 Å². The molecule has 17 heavy (non-hydrogen) atoms. The molecule has 2 rings (SSSR count). The number of sulfonamides is 1. The zero-order valence-corrected chi connectivity index (χ0v) is 11.5. The summed E-state index contributed by atoms with van der Waals surface area (Å²) < 4.78 is 26.6. The maximum absolute atomic E-state index is 12.5. The molecule has 0 aromatic rings. The minimum Gasteiger partial charge on any atom is -0.327 e. The average molecular weight is 260 g/mol. The molecule has 1 aliphatic heterocycles. The van der Waals surface area contributed by atoms with Gasteiger partial charge in [0.2, 0.25) is 10.0 Å². The number of rotatable bonds is 2. The first-order chi connectivity index (χ1) is 8.01. The second-order valence-corrected chi connectivity index (χ2v) is 7.81. The second-order valence-electron chi connectivity index (χ2n) is 5.59. The molecule has 0 spiro atoms.